The molecule has 0 spiro atoms. The normalized spacial score (nSPS) is 11.4. The molecule has 1 N–H and O–H groups in total. The third-order valence-electron chi connectivity index (χ3n) is 4.17. The van der Waals surface area contributed by atoms with E-state index in [1.165, 1.54) is 21.8 Å². The molecule has 144 valence electrons. The highest BCUT2D eigenvalue weighted by Gasteiger charge is 2.13. The van der Waals surface area contributed by atoms with Crippen molar-refractivity contribution in [1.29, 1.82) is 0 Å². The summed E-state index contributed by atoms with van der Waals surface area (Å²) >= 11 is 3.40. The summed E-state index contributed by atoms with van der Waals surface area (Å²) in [6.45, 7) is 0.173. The molecule has 29 heavy (non-hydrogen) atoms. The Kier molecular flexibility index (Phi) is 4.05. The topological polar surface area (TPSA) is 129 Å². The van der Waals surface area contributed by atoms with E-state index in [4.69, 9.17) is 4.74 Å². The first kappa shape index (κ1) is 17.4. The van der Waals surface area contributed by atoms with Gasteiger partial charge < -0.3 is 9.72 Å². The number of aryl methyl sites for hydroxylation is 1. The number of hydrogen-bond acceptors (Lipinski definition) is 8. The summed E-state index contributed by atoms with van der Waals surface area (Å²) in [5.41, 5.74) is 1.24. The molecule has 5 aromatic rings. The lowest BCUT2D eigenvalue weighted by atomic mass is 10.3. The summed E-state index contributed by atoms with van der Waals surface area (Å²) in [5.74, 6) is 1.45. The predicted molar refractivity (Wildman–Crippen MR) is 106 cm³/mol. The van der Waals surface area contributed by atoms with Crippen LogP contribution in [-0.2, 0) is 13.6 Å². The van der Waals surface area contributed by atoms with Crippen LogP contribution in [0.25, 0.3) is 22.5 Å². The van der Waals surface area contributed by atoms with Crippen LogP contribution in [0.2, 0.25) is 0 Å². The van der Waals surface area contributed by atoms with Crippen LogP contribution in [0.3, 0.4) is 0 Å². The maximum absolute atomic E-state index is 12.6. The number of nitrogens with one attached hydrogen (secondary N) is 1. The van der Waals surface area contributed by atoms with Gasteiger partial charge in [-0.3, -0.25) is 9.36 Å². The van der Waals surface area contributed by atoms with Gasteiger partial charge in [-0.25, -0.2) is 19.6 Å². The molecule has 1 aromatic carbocycles. The monoisotopic (exact) mass is 453 g/mol. The molecule has 0 aliphatic carbocycles. The lowest BCUT2D eigenvalue weighted by molar-refractivity contribution is 0.462. The second kappa shape index (κ2) is 6.74. The lowest BCUT2D eigenvalue weighted by Gasteiger charge is -2.03. The fourth-order valence-corrected chi connectivity index (χ4v) is 3.23. The number of imidazole rings is 1. The van der Waals surface area contributed by atoms with Gasteiger partial charge in [-0.1, -0.05) is 27.2 Å². The number of benzene rings is 1. The molecule has 0 aliphatic rings. The van der Waals surface area contributed by atoms with Crippen LogP contribution in [0, 0.1) is 0 Å². The second-order valence-corrected chi connectivity index (χ2v) is 7.10. The van der Waals surface area contributed by atoms with Crippen LogP contribution in [0.4, 0.5) is 0 Å². The van der Waals surface area contributed by atoms with E-state index < -0.39 is 0 Å². The molecule has 0 amide bonds. The quantitative estimate of drug-likeness (QED) is 0.435. The molecule has 5 rings (SSSR count). The molecule has 0 unspecified atom stereocenters. The summed E-state index contributed by atoms with van der Waals surface area (Å²) < 4.78 is 9.44. The molecular weight excluding hydrogens is 442 g/mol. The van der Waals surface area contributed by atoms with Crippen molar-refractivity contribution in [2.45, 2.75) is 6.54 Å². The number of rotatable bonds is 4. The Morgan fingerprint density at radius 2 is 2.10 bits per heavy atom. The highest BCUT2D eigenvalue weighted by atomic mass is 79.9. The van der Waals surface area contributed by atoms with E-state index in [9.17, 15) is 4.79 Å². The Balaban J connectivity index is 1.45. The summed E-state index contributed by atoms with van der Waals surface area (Å²) in [6, 6.07) is 7.40. The van der Waals surface area contributed by atoms with Gasteiger partial charge in [0.25, 0.3) is 5.56 Å². The van der Waals surface area contributed by atoms with Gasteiger partial charge in [-0.15, -0.1) is 5.10 Å². The first-order valence-corrected chi connectivity index (χ1v) is 9.26. The largest absolute Gasteiger partial charge is 0.437 e. The number of halogens is 1. The van der Waals surface area contributed by atoms with Crippen molar-refractivity contribution in [1.82, 2.24) is 44.5 Å². The van der Waals surface area contributed by atoms with Gasteiger partial charge in [-0.05, 0) is 18.2 Å². The van der Waals surface area contributed by atoms with Crippen molar-refractivity contribution < 1.29 is 4.74 Å². The van der Waals surface area contributed by atoms with E-state index in [1.807, 2.05) is 24.3 Å². The average molecular weight is 454 g/mol. The molecule has 12 heteroatoms. The van der Waals surface area contributed by atoms with Gasteiger partial charge in [0.2, 0.25) is 17.2 Å². The minimum absolute atomic E-state index is 0.173. The second-order valence-electron chi connectivity index (χ2n) is 6.19. The number of aromatic nitrogens is 9. The van der Waals surface area contributed by atoms with Crippen LogP contribution in [-0.4, -0.2) is 44.5 Å². The van der Waals surface area contributed by atoms with Gasteiger partial charge in [0.15, 0.2) is 11.2 Å². The number of nitrogens with zero attached hydrogens (tertiary/aromatic N) is 8. The standard InChI is InChI=1S/C17H12BrN9O2/c1-26-13-14(24-25-26)20-8-27(17(13)28)7-11-21-15-16(22-11)23-12(6-19-15)29-10-4-2-3-9(18)5-10/h2-6,8H,7H2,1H3,(H,19,21,22,23). The van der Waals surface area contributed by atoms with E-state index in [-0.39, 0.29) is 12.1 Å². The van der Waals surface area contributed by atoms with E-state index >= 15 is 0 Å². The zero-order chi connectivity index (χ0) is 20.0. The Morgan fingerprint density at radius 1 is 1.21 bits per heavy atom. The van der Waals surface area contributed by atoms with Crippen molar-refractivity contribution in [2.75, 3.05) is 0 Å². The van der Waals surface area contributed by atoms with E-state index in [1.54, 1.807) is 7.05 Å². The summed E-state index contributed by atoms with van der Waals surface area (Å²) in [5, 5.41) is 7.66. The Bertz CT molecular complexity index is 1420. The maximum Gasteiger partial charge on any atom is 0.281 e. The highest BCUT2D eigenvalue weighted by Crippen LogP contribution is 2.23. The van der Waals surface area contributed by atoms with E-state index in [0.717, 1.165) is 4.47 Å². The minimum atomic E-state index is -0.262. The molecule has 4 aromatic heterocycles. The van der Waals surface area contributed by atoms with Gasteiger partial charge in [-0.2, -0.15) is 4.98 Å². The molecule has 0 atom stereocenters. The van der Waals surface area contributed by atoms with Crippen molar-refractivity contribution >= 4 is 38.4 Å². The Labute approximate surface area is 170 Å². The Morgan fingerprint density at radius 3 is 2.97 bits per heavy atom. The molecule has 4 heterocycles. The van der Waals surface area contributed by atoms with Gasteiger partial charge >= 0.3 is 0 Å². The third-order valence-corrected chi connectivity index (χ3v) is 4.66. The van der Waals surface area contributed by atoms with Crippen LogP contribution in [0.15, 0.2) is 46.1 Å². The zero-order valence-corrected chi connectivity index (χ0v) is 16.5. The van der Waals surface area contributed by atoms with Crippen LogP contribution in [0.5, 0.6) is 11.6 Å². The van der Waals surface area contributed by atoms with Crippen LogP contribution in [0.1, 0.15) is 5.82 Å². The van der Waals surface area contributed by atoms with Crippen molar-refractivity contribution in [3.63, 3.8) is 0 Å². The third kappa shape index (κ3) is 3.23. The van der Waals surface area contributed by atoms with Crippen molar-refractivity contribution in [2.24, 2.45) is 7.05 Å². The molecule has 0 aliphatic heterocycles. The first-order chi connectivity index (χ1) is 14.1. The number of hydrogen-bond donors (Lipinski definition) is 1. The van der Waals surface area contributed by atoms with E-state index in [0.29, 0.717) is 39.9 Å². The molecule has 0 fully saturated rings. The molecule has 0 radical (unpaired) electrons. The smallest absolute Gasteiger partial charge is 0.281 e. The van der Waals surface area contributed by atoms with Crippen LogP contribution >= 0.6 is 15.9 Å². The fraction of sp³-hybridized carbons (Fsp3) is 0.118. The Hall–Kier alpha value is -3.67. The van der Waals surface area contributed by atoms with Crippen molar-refractivity contribution in [3.8, 4) is 11.6 Å². The zero-order valence-electron chi connectivity index (χ0n) is 14.9. The molecule has 0 saturated carbocycles. The van der Waals surface area contributed by atoms with Gasteiger partial charge in [0, 0.05) is 11.5 Å². The SMILES string of the molecule is Cn1nnc2ncn(Cc3nc4nc(Oc5cccc(Br)c5)cnc4[nH]3)c(=O)c21. The number of ether oxygens (including phenoxy) is 1. The van der Waals surface area contributed by atoms with Gasteiger partial charge in [0.1, 0.15) is 17.9 Å². The first-order valence-electron chi connectivity index (χ1n) is 8.47. The fourth-order valence-electron chi connectivity index (χ4n) is 2.85. The summed E-state index contributed by atoms with van der Waals surface area (Å²) in [6.07, 6.45) is 2.92. The number of aromatic amines is 1. The van der Waals surface area contributed by atoms with Crippen LogP contribution < -0.4 is 10.3 Å². The molecule has 11 nitrogen and oxygen atoms in total. The lowest BCUT2D eigenvalue weighted by Crippen LogP contribution is -2.23. The summed E-state index contributed by atoms with van der Waals surface area (Å²) in [4.78, 5) is 32.9. The molecule has 0 saturated heterocycles. The maximum atomic E-state index is 12.6. The van der Waals surface area contributed by atoms with Gasteiger partial charge in [0.05, 0.1) is 12.7 Å². The number of fused-ring (bicyclic) bond motifs is 2. The van der Waals surface area contributed by atoms with E-state index in [2.05, 4.69) is 51.2 Å². The summed E-state index contributed by atoms with van der Waals surface area (Å²) in [7, 11) is 1.64. The molecular formula is C17H12BrN9O2. The highest BCUT2D eigenvalue weighted by molar-refractivity contribution is 9.10. The molecule has 0 bridgehead atoms. The minimum Gasteiger partial charge on any atom is -0.437 e. The van der Waals surface area contributed by atoms with Crippen molar-refractivity contribution in [3.05, 3.63) is 57.4 Å². The average Bonchev–Trinajstić information content (AvgIpc) is 3.27. The number of H-pyrrole nitrogens is 1. The predicted octanol–water partition coefficient (Wildman–Crippen LogP) is 1.79.